The van der Waals surface area contributed by atoms with Gasteiger partial charge in [0.25, 0.3) is 0 Å². The number of aliphatic hydroxyl groups is 3. The quantitative estimate of drug-likeness (QED) is 0.501. The van der Waals surface area contributed by atoms with Crippen LogP contribution in [0.2, 0.25) is 0 Å². The fourth-order valence-electron chi connectivity index (χ4n) is 1.61. The summed E-state index contributed by atoms with van der Waals surface area (Å²) in [5.41, 5.74) is 0. The van der Waals surface area contributed by atoms with Gasteiger partial charge in [0.05, 0.1) is 6.61 Å². The summed E-state index contributed by atoms with van der Waals surface area (Å²) in [5, 5.41) is 27.7. The van der Waals surface area contributed by atoms with Crippen LogP contribution in [0.25, 0.3) is 0 Å². The number of rotatable bonds is 3. The van der Waals surface area contributed by atoms with E-state index in [0.29, 0.717) is 0 Å². The molecule has 1 rings (SSSR count). The molecule has 0 aromatic carbocycles. The van der Waals surface area contributed by atoms with Crippen molar-refractivity contribution in [1.29, 1.82) is 0 Å². The third-order valence-corrected chi connectivity index (χ3v) is 2.36. The van der Waals surface area contributed by atoms with E-state index in [-0.39, 0.29) is 6.61 Å². The Kier molecular flexibility index (Phi) is 4.24. The second kappa shape index (κ2) is 5.01. The average molecular weight is 208 g/mol. The Balaban J connectivity index is 2.75. The maximum atomic E-state index is 9.49. The molecule has 1 fully saturated rings. The van der Waals surface area contributed by atoms with Crippen LogP contribution >= 0.6 is 0 Å². The Labute approximate surface area is 82.0 Å². The SMILES string of the molecule is CO[C@@H]1[C@@H](O)[C@H](O)O[C@H](CO)[C@H]1OC. The predicted octanol–water partition coefficient (Wildman–Crippen LogP) is -1.91. The summed E-state index contributed by atoms with van der Waals surface area (Å²) in [6.07, 6.45) is -4.52. The molecule has 1 aliphatic rings. The molecular weight excluding hydrogens is 192 g/mol. The van der Waals surface area contributed by atoms with E-state index in [1.165, 1.54) is 14.2 Å². The zero-order valence-electron chi connectivity index (χ0n) is 8.16. The van der Waals surface area contributed by atoms with Gasteiger partial charge >= 0.3 is 0 Å². The van der Waals surface area contributed by atoms with Crippen LogP contribution in [0, 0.1) is 0 Å². The van der Waals surface area contributed by atoms with Crippen LogP contribution in [0.1, 0.15) is 0 Å². The van der Waals surface area contributed by atoms with Gasteiger partial charge in [0.2, 0.25) is 0 Å². The largest absolute Gasteiger partial charge is 0.394 e. The highest BCUT2D eigenvalue weighted by atomic mass is 16.7. The lowest BCUT2D eigenvalue weighted by molar-refractivity contribution is -0.294. The second-order valence-corrected chi connectivity index (χ2v) is 3.14. The monoisotopic (exact) mass is 208 g/mol. The second-order valence-electron chi connectivity index (χ2n) is 3.14. The Morgan fingerprint density at radius 2 is 1.71 bits per heavy atom. The molecule has 1 heterocycles. The molecule has 1 aliphatic heterocycles. The Hall–Kier alpha value is -0.240. The summed E-state index contributed by atoms with van der Waals surface area (Å²) in [7, 11) is 2.82. The van der Waals surface area contributed by atoms with Crippen LogP contribution in [-0.4, -0.2) is 66.9 Å². The van der Waals surface area contributed by atoms with Crippen molar-refractivity contribution in [3.8, 4) is 0 Å². The fraction of sp³-hybridized carbons (Fsp3) is 1.00. The van der Waals surface area contributed by atoms with E-state index in [1.807, 2.05) is 0 Å². The van der Waals surface area contributed by atoms with Gasteiger partial charge in [-0.05, 0) is 0 Å². The smallest absolute Gasteiger partial charge is 0.184 e. The average Bonchev–Trinajstić information content (AvgIpc) is 2.20. The first-order chi connectivity index (χ1) is 6.65. The Morgan fingerprint density at radius 3 is 2.14 bits per heavy atom. The molecule has 5 atom stereocenters. The van der Waals surface area contributed by atoms with E-state index in [4.69, 9.17) is 19.3 Å². The molecule has 0 unspecified atom stereocenters. The van der Waals surface area contributed by atoms with Crippen LogP contribution < -0.4 is 0 Å². The van der Waals surface area contributed by atoms with Crippen LogP contribution in [0.15, 0.2) is 0 Å². The molecule has 84 valence electrons. The molecule has 0 aliphatic carbocycles. The lowest BCUT2D eigenvalue weighted by Gasteiger charge is -2.40. The molecular formula is C8H16O6. The van der Waals surface area contributed by atoms with Crippen molar-refractivity contribution < 1.29 is 29.5 Å². The van der Waals surface area contributed by atoms with Crippen LogP contribution in [0.5, 0.6) is 0 Å². The number of aliphatic hydroxyl groups excluding tert-OH is 3. The summed E-state index contributed by atoms with van der Waals surface area (Å²) in [5.74, 6) is 0. The van der Waals surface area contributed by atoms with Gasteiger partial charge in [-0.25, -0.2) is 0 Å². The lowest BCUT2D eigenvalue weighted by atomic mass is 9.99. The summed E-state index contributed by atoms with van der Waals surface area (Å²) < 4.78 is 15.0. The molecule has 3 N–H and O–H groups in total. The Morgan fingerprint density at radius 1 is 1.14 bits per heavy atom. The van der Waals surface area contributed by atoms with Gasteiger partial charge in [-0.1, -0.05) is 0 Å². The van der Waals surface area contributed by atoms with E-state index < -0.39 is 30.7 Å². The van der Waals surface area contributed by atoms with Gasteiger partial charge in [-0.2, -0.15) is 0 Å². The van der Waals surface area contributed by atoms with Gasteiger partial charge in [-0.15, -0.1) is 0 Å². The van der Waals surface area contributed by atoms with Crippen molar-refractivity contribution in [2.45, 2.75) is 30.7 Å². The first kappa shape index (κ1) is 11.8. The third-order valence-electron chi connectivity index (χ3n) is 2.36. The summed E-state index contributed by atoms with van der Waals surface area (Å²) in [6, 6.07) is 0. The summed E-state index contributed by atoms with van der Waals surface area (Å²) >= 11 is 0. The summed E-state index contributed by atoms with van der Waals surface area (Å²) in [6.45, 7) is -0.303. The Bertz CT molecular complexity index is 171. The molecule has 0 bridgehead atoms. The standard InChI is InChI=1S/C8H16O6/c1-12-6-4(3-9)14-8(11)5(10)7(6)13-2/h4-11H,3H2,1-2H3/t4-,5-,6-,7-,8-/m1/s1. The molecule has 0 aromatic rings. The minimum absolute atomic E-state index is 0.303. The first-order valence-electron chi connectivity index (χ1n) is 4.33. The topological polar surface area (TPSA) is 88.4 Å². The lowest BCUT2D eigenvalue weighted by Crippen LogP contribution is -2.59. The van der Waals surface area contributed by atoms with E-state index >= 15 is 0 Å². The third kappa shape index (κ3) is 2.05. The highest BCUT2D eigenvalue weighted by Gasteiger charge is 2.44. The molecule has 0 saturated carbocycles. The van der Waals surface area contributed by atoms with Crippen molar-refractivity contribution in [3.63, 3.8) is 0 Å². The number of hydrogen-bond donors (Lipinski definition) is 3. The molecule has 6 heteroatoms. The van der Waals surface area contributed by atoms with Crippen molar-refractivity contribution in [2.75, 3.05) is 20.8 Å². The van der Waals surface area contributed by atoms with Crippen LogP contribution in [-0.2, 0) is 14.2 Å². The highest BCUT2D eigenvalue weighted by molar-refractivity contribution is 4.90. The van der Waals surface area contributed by atoms with Crippen LogP contribution in [0.4, 0.5) is 0 Å². The number of methoxy groups -OCH3 is 2. The van der Waals surface area contributed by atoms with Gasteiger partial charge in [0, 0.05) is 14.2 Å². The molecule has 0 amide bonds. The maximum absolute atomic E-state index is 9.49. The van der Waals surface area contributed by atoms with Gasteiger partial charge in [0.15, 0.2) is 6.29 Å². The van der Waals surface area contributed by atoms with Crippen LogP contribution in [0.3, 0.4) is 0 Å². The minimum Gasteiger partial charge on any atom is -0.394 e. The van der Waals surface area contributed by atoms with Gasteiger partial charge in [0.1, 0.15) is 24.4 Å². The number of hydrogen-bond acceptors (Lipinski definition) is 6. The fourth-order valence-corrected chi connectivity index (χ4v) is 1.61. The zero-order chi connectivity index (χ0) is 10.7. The molecule has 14 heavy (non-hydrogen) atoms. The molecule has 1 saturated heterocycles. The maximum Gasteiger partial charge on any atom is 0.184 e. The van der Waals surface area contributed by atoms with Gasteiger partial charge in [-0.3, -0.25) is 0 Å². The predicted molar refractivity (Wildman–Crippen MR) is 45.6 cm³/mol. The zero-order valence-corrected chi connectivity index (χ0v) is 8.16. The minimum atomic E-state index is -1.36. The molecule has 6 nitrogen and oxygen atoms in total. The van der Waals surface area contributed by atoms with E-state index in [0.717, 1.165) is 0 Å². The normalized spacial score (nSPS) is 43.9. The van der Waals surface area contributed by atoms with Gasteiger partial charge < -0.3 is 29.5 Å². The summed E-state index contributed by atoms with van der Waals surface area (Å²) in [4.78, 5) is 0. The van der Waals surface area contributed by atoms with Crippen molar-refractivity contribution in [2.24, 2.45) is 0 Å². The van der Waals surface area contributed by atoms with Crippen molar-refractivity contribution in [3.05, 3.63) is 0 Å². The molecule has 0 radical (unpaired) electrons. The highest BCUT2D eigenvalue weighted by Crippen LogP contribution is 2.23. The van der Waals surface area contributed by atoms with E-state index in [1.54, 1.807) is 0 Å². The first-order valence-corrected chi connectivity index (χ1v) is 4.33. The van der Waals surface area contributed by atoms with Crippen molar-refractivity contribution >= 4 is 0 Å². The number of ether oxygens (including phenoxy) is 3. The van der Waals surface area contributed by atoms with E-state index in [9.17, 15) is 10.2 Å². The molecule has 0 aromatic heterocycles. The molecule has 0 spiro atoms. The van der Waals surface area contributed by atoms with E-state index in [2.05, 4.69) is 0 Å². The van der Waals surface area contributed by atoms with Crippen molar-refractivity contribution in [1.82, 2.24) is 0 Å².